The quantitative estimate of drug-likeness (QED) is 0.202. The van der Waals surface area contributed by atoms with Gasteiger partial charge in [0.2, 0.25) is 5.95 Å². The third-order valence-electron chi connectivity index (χ3n) is 4.65. The molecular formula is C18H23FN8O7. The molecule has 3 aromatic heterocycles. The van der Waals surface area contributed by atoms with Crippen molar-refractivity contribution in [2.24, 2.45) is 0 Å². The molecule has 1 saturated heterocycles. The molecule has 0 unspecified atom stereocenters. The lowest BCUT2D eigenvalue weighted by molar-refractivity contribution is -0.0447. The number of nitrogens with zero attached hydrogens (tertiary/aromatic N) is 5. The summed E-state index contributed by atoms with van der Waals surface area (Å²) < 4.78 is 25.6. The summed E-state index contributed by atoms with van der Waals surface area (Å²) in [5.74, 6) is 0.0562. The Morgan fingerprint density at radius 2 is 2.06 bits per heavy atom. The Morgan fingerprint density at radius 1 is 1.29 bits per heavy atom. The average Bonchev–Trinajstić information content (AvgIpc) is 3.35. The van der Waals surface area contributed by atoms with Crippen LogP contribution in [0.15, 0.2) is 40.1 Å². The van der Waals surface area contributed by atoms with Crippen molar-refractivity contribution < 1.29 is 29.2 Å². The Hall–Kier alpha value is -3.70. The van der Waals surface area contributed by atoms with E-state index in [4.69, 9.17) is 31.2 Å². The number of halogens is 1. The number of nitrogen functional groups attached to an aromatic ring is 2. The molecule has 34 heavy (non-hydrogen) atoms. The third kappa shape index (κ3) is 5.26. The number of anilines is 2. The van der Waals surface area contributed by atoms with Gasteiger partial charge in [-0.2, -0.15) is 9.97 Å². The highest BCUT2D eigenvalue weighted by molar-refractivity contribution is 5.70. The minimum atomic E-state index is -1.31. The maximum Gasteiger partial charge on any atom is 0.351 e. The minimum Gasteiger partial charge on any atom is -0.394 e. The van der Waals surface area contributed by atoms with E-state index in [-0.39, 0.29) is 54.7 Å². The van der Waals surface area contributed by atoms with Gasteiger partial charge in [0.05, 0.1) is 32.5 Å². The van der Waals surface area contributed by atoms with E-state index in [1.807, 2.05) is 0 Å². The van der Waals surface area contributed by atoms with Gasteiger partial charge in [0.1, 0.15) is 24.8 Å². The molecule has 1 aliphatic heterocycles. The van der Waals surface area contributed by atoms with E-state index >= 15 is 0 Å². The van der Waals surface area contributed by atoms with Gasteiger partial charge in [-0.05, 0) is 6.07 Å². The highest BCUT2D eigenvalue weighted by Gasteiger charge is 2.40. The van der Waals surface area contributed by atoms with Crippen LogP contribution in [0, 0.1) is 0 Å². The number of imidazole rings is 1. The molecule has 3 atom stereocenters. The van der Waals surface area contributed by atoms with Crippen molar-refractivity contribution in [2.75, 3.05) is 31.3 Å². The topological polar surface area (TPSA) is 230 Å². The maximum absolute atomic E-state index is 12.8. The smallest absolute Gasteiger partial charge is 0.351 e. The van der Waals surface area contributed by atoms with Crippen molar-refractivity contribution in [1.29, 1.82) is 0 Å². The summed E-state index contributed by atoms with van der Waals surface area (Å²) in [7, 11) is 0. The SMILES string of the molecule is Nc1ccn([C@@H]2O[C@H](CO)[C@@H](O)/C2=C\F)c(=O)n1.Nc1nc2c(ncn2COCCO)c(=O)[nH]1. The summed E-state index contributed by atoms with van der Waals surface area (Å²) in [6.07, 6.45) is -0.554. The number of nitrogens with two attached hydrogens (primary N) is 2. The van der Waals surface area contributed by atoms with E-state index in [1.165, 1.54) is 23.2 Å². The Labute approximate surface area is 189 Å². The molecule has 15 nitrogen and oxygen atoms in total. The first-order valence-corrected chi connectivity index (χ1v) is 9.79. The molecule has 0 radical (unpaired) electrons. The summed E-state index contributed by atoms with van der Waals surface area (Å²) >= 11 is 0. The molecular weight excluding hydrogens is 459 g/mol. The van der Waals surface area contributed by atoms with Crippen LogP contribution in [0.1, 0.15) is 6.23 Å². The fraction of sp³-hybridized carbons (Fsp3) is 0.389. The van der Waals surface area contributed by atoms with Crippen molar-refractivity contribution in [3.8, 4) is 0 Å². The van der Waals surface area contributed by atoms with Gasteiger partial charge in [0.25, 0.3) is 5.56 Å². The Kier molecular flexibility index (Phi) is 8.03. The molecule has 4 rings (SSSR count). The second-order valence-electron chi connectivity index (χ2n) is 6.90. The molecule has 16 heteroatoms. The van der Waals surface area contributed by atoms with E-state index in [0.29, 0.717) is 5.65 Å². The number of hydrogen-bond donors (Lipinski definition) is 6. The van der Waals surface area contributed by atoms with Gasteiger partial charge in [-0.25, -0.2) is 14.2 Å². The number of rotatable bonds is 6. The van der Waals surface area contributed by atoms with Gasteiger partial charge in [0.15, 0.2) is 17.4 Å². The number of fused-ring (bicyclic) bond motifs is 1. The Morgan fingerprint density at radius 3 is 2.71 bits per heavy atom. The first-order valence-electron chi connectivity index (χ1n) is 9.79. The van der Waals surface area contributed by atoms with Gasteiger partial charge in [-0.1, -0.05) is 0 Å². The third-order valence-corrected chi connectivity index (χ3v) is 4.65. The molecule has 0 saturated carbocycles. The zero-order valence-corrected chi connectivity index (χ0v) is 17.6. The van der Waals surface area contributed by atoms with Crippen LogP contribution in [0.3, 0.4) is 0 Å². The number of nitrogens with one attached hydrogen (secondary N) is 1. The van der Waals surface area contributed by atoms with Gasteiger partial charge < -0.3 is 36.3 Å². The molecule has 4 heterocycles. The fourth-order valence-electron chi connectivity index (χ4n) is 3.06. The van der Waals surface area contributed by atoms with Crippen LogP contribution in [0.4, 0.5) is 16.2 Å². The van der Waals surface area contributed by atoms with Crippen molar-refractivity contribution in [1.82, 2.24) is 29.1 Å². The molecule has 8 N–H and O–H groups in total. The number of aliphatic hydroxyl groups excluding tert-OH is 3. The summed E-state index contributed by atoms with van der Waals surface area (Å²) in [5, 5.41) is 27.2. The van der Waals surface area contributed by atoms with Crippen LogP contribution in [0.25, 0.3) is 11.2 Å². The monoisotopic (exact) mass is 482 g/mol. The zero-order chi connectivity index (χ0) is 24.8. The minimum absolute atomic E-state index is 0.0271. The van der Waals surface area contributed by atoms with Crippen molar-refractivity contribution in [3.63, 3.8) is 0 Å². The van der Waals surface area contributed by atoms with E-state index in [1.54, 1.807) is 0 Å². The van der Waals surface area contributed by atoms with Crippen LogP contribution < -0.4 is 22.7 Å². The van der Waals surface area contributed by atoms with Gasteiger partial charge in [0, 0.05) is 11.8 Å². The zero-order valence-electron chi connectivity index (χ0n) is 17.6. The Balaban J connectivity index is 0.000000192. The highest BCUT2D eigenvalue weighted by Crippen LogP contribution is 2.33. The summed E-state index contributed by atoms with van der Waals surface area (Å²) in [4.78, 5) is 36.7. The molecule has 0 amide bonds. The van der Waals surface area contributed by atoms with Crippen molar-refractivity contribution in [2.45, 2.75) is 25.2 Å². The van der Waals surface area contributed by atoms with E-state index in [9.17, 15) is 19.1 Å². The molecule has 184 valence electrons. The normalized spacial score (nSPS) is 21.1. The number of ether oxygens (including phenoxy) is 2. The second-order valence-corrected chi connectivity index (χ2v) is 6.90. The summed E-state index contributed by atoms with van der Waals surface area (Å²) in [5.41, 5.74) is 10.1. The van der Waals surface area contributed by atoms with Crippen LogP contribution in [-0.2, 0) is 16.2 Å². The molecule has 1 fully saturated rings. The van der Waals surface area contributed by atoms with E-state index in [0.717, 1.165) is 4.57 Å². The first-order chi connectivity index (χ1) is 16.3. The number of aromatic amines is 1. The molecule has 0 aromatic carbocycles. The summed E-state index contributed by atoms with van der Waals surface area (Å²) in [6, 6.07) is 1.35. The fourth-order valence-corrected chi connectivity index (χ4v) is 3.06. The summed E-state index contributed by atoms with van der Waals surface area (Å²) in [6.45, 7) is -0.194. The molecule has 0 bridgehead atoms. The van der Waals surface area contributed by atoms with Crippen LogP contribution in [0.5, 0.6) is 0 Å². The predicted octanol–water partition coefficient (Wildman–Crippen LogP) is -2.40. The molecule has 0 aliphatic carbocycles. The second kappa shape index (κ2) is 10.9. The van der Waals surface area contributed by atoms with E-state index in [2.05, 4.69) is 19.9 Å². The molecule has 1 aliphatic rings. The van der Waals surface area contributed by atoms with E-state index < -0.39 is 30.7 Å². The molecule has 3 aromatic rings. The van der Waals surface area contributed by atoms with Gasteiger partial charge in [-0.3, -0.25) is 18.9 Å². The lowest BCUT2D eigenvalue weighted by Crippen LogP contribution is -2.28. The number of aromatic nitrogens is 6. The number of aliphatic hydroxyl groups is 3. The van der Waals surface area contributed by atoms with Crippen molar-refractivity contribution in [3.05, 3.63) is 51.3 Å². The van der Waals surface area contributed by atoms with Crippen molar-refractivity contribution >= 4 is 22.9 Å². The van der Waals surface area contributed by atoms with Gasteiger partial charge >= 0.3 is 5.69 Å². The predicted molar refractivity (Wildman–Crippen MR) is 115 cm³/mol. The average molecular weight is 482 g/mol. The van der Waals surface area contributed by atoms with Crippen LogP contribution in [0.2, 0.25) is 0 Å². The largest absolute Gasteiger partial charge is 0.394 e. The standard InChI is InChI=1S/C10H12FN3O4.C8H11N5O3/c11-3-5-8(16)6(4-15)18-9(5)14-2-1-7(12)13-10(14)17;9-8-11-6-5(7(15)12-8)10-3-13(6)4-16-2-1-14/h1-3,6,8-9,15-16H,4H2,(H2,12,13,17);3,14H,1-2,4H2,(H3,9,11,12,15)/b5-3+;/t6-,8+,9-;/m1./s1. The maximum atomic E-state index is 12.8. The lowest BCUT2D eigenvalue weighted by Gasteiger charge is -2.14. The lowest BCUT2D eigenvalue weighted by atomic mass is 10.1. The highest BCUT2D eigenvalue weighted by atomic mass is 19.1. The first kappa shape index (κ1) is 24.9. The molecule has 0 spiro atoms. The van der Waals surface area contributed by atoms with Crippen LogP contribution >= 0.6 is 0 Å². The number of hydrogen-bond acceptors (Lipinski definition) is 12. The van der Waals surface area contributed by atoms with Crippen LogP contribution in [-0.4, -0.2) is 76.4 Å². The Bertz CT molecular complexity index is 1270. The van der Waals surface area contributed by atoms with Gasteiger partial charge in [-0.15, -0.1) is 0 Å². The number of H-pyrrole nitrogens is 1.